The molecular formula is C24H28N2. The van der Waals surface area contributed by atoms with Crippen LogP contribution in [0.15, 0.2) is 84.9 Å². The Morgan fingerprint density at radius 3 is 1.69 bits per heavy atom. The van der Waals surface area contributed by atoms with Gasteiger partial charge in [0.2, 0.25) is 0 Å². The van der Waals surface area contributed by atoms with Crippen molar-refractivity contribution in [3.8, 4) is 0 Å². The van der Waals surface area contributed by atoms with Crippen LogP contribution in [-0.2, 0) is 13.1 Å². The van der Waals surface area contributed by atoms with Crippen LogP contribution in [0.2, 0.25) is 0 Å². The summed E-state index contributed by atoms with van der Waals surface area (Å²) < 4.78 is 0. The van der Waals surface area contributed by atoms with Gasteiger partial charge in [0, 0.05) is 25.2 Å². The summed E-state index contributed by atoms with van der Waals surface area (Å²) in [5.41, 5.74) is 5.23. The van der Waals surface area contributed by atoms with E-state index in [4.69, 9.17) is 0 Å². The van der Waals surface area contributed by atoms with Crippen LogP contribution >= 0.6 is 0 Å². The van der Waals surface area contributed by atoms with Crippen LogP contribution in [0.3, 0.4) is 0 Å². The summed E-state index contributed by atoms with van der Waals surface area (Å²) in [6.45, 7) is 6.12. The normalized spacial score (nSPS) is 13.3. The number of nitrogens with one attached hydrogen (secondary N) is 2. The maximum absolute atomic E-state index is 3.75. The van der Waals surface area contributed by atoms with Crippen LogP contribution in [0.4, 0.5) is 0 Å². The van der Waals surface area contributed by atoms with E-state index < -0.39 is 0 Å². The first-order chi connectivity index (χ1) is 12.7. The molecule has 0 heterocycles. The van der Waals surface area contributed by atoms with Crippen molar-refractivity contribution in [1.82, 2.24) is 10.6 Å². The summed E-state index contributed by atoms with van der Waals surface area (Å²) in [4.78, 5) is 0. The predicted octanol–water partition coefficient (Wildman–Crippen LogP) is 5.00. The van der Waals surface area contributed by atoms with Gasteiger partial charge in [-0.25, -0.2) is 0 Å². The topological polar surface area (TPSA) is 24.1 Å². The molecule has 3 aromatic rings. The summed E-state index contributed by atoms with van der Waals surface area (Å²) >= 11 is 0. The molecule has 0 amide bonds. The van der Waals surface area contributed by atoms with Gasteiger partial charge in [0.15, 0.2) is 0 Å². The van der Waals surface area contributed by atoms with Gasteiger partial charge >= 0.3 is 0 Å². The average molecular weight is 345 g/mol. The second-order valence-electron chi connectivity index (χ2n) is 6.91. The van der Waals surface area contributed by atoms with Gasteiger partial charge in [0.1, 0.15) is 0 Å². The van der Waals surface area contributed by atoms with E-state index in [0.29, 0.717) is 6.04 Å². The van der Waals surface area contributed by atoms with Crippen LogP contribution < -0.4 is 10.6 Å². The minimum atomic E-state index is 0.250. The monoisotopic (exact) mass is 344 g/mol. The third-order valence-corrected chi connectivity index (χ3v) is 4.78. The molecular weight excluding hydrogens is 316 g/mol. The zero-order chi connectivity index (χ0) is 18.2. The zero-order valence-electron chi connectivity index (χ0n) is 15.7. The fraction of sp³-hybridized carbons (Fsp3) is 0.250. The van der Waals surface area contributed by atoms with Crippen molar-refractivity contribution in [2.45, 2.75) is 39.0 Å². The molecule has 0 saturated heterocycles. The lowest BCUT2D eigenvalue weighted by atomic mass is 9.98. The van der Waals surface area contributed by atoms with Gasteiger partial charge in [-0.15, -0.1) is 0 Å². The van der Waals surface area contributed by atoms with Gasteiger partial charge in [-0.1, -0.05) is 90.5 Å². The molecule has 3 rings (SSSR count). The number of rotatable bonds is 8. The Balaban J connectivity index is 1.69. The van der Waals surface area contributed by atoms with Gasteiger partial charge in [0.25, 0.3) is 0 Å². The van der Waals surface area contributed by atoms with Gasteiger partial charge in [-0.3, -0.25) is 0 Å². The van der Waals surface area contributed by atoms with Crippen LogP contribution in [0.25, 0.3) is 0 Å². The summed E-state index contributed by atoms with van der Waals surface area (Å²) in [7, 11) is 0. The first-order valence-electron chi connectivity index (χ1n) is 9.33. The van der Waals surface area contributed by atoms with E-state index in [1.54, 1.807) is 0 Å². The van der Waals surface area contributed by atoms with Gasteiger partial charge in [-0.05, 0) is 30.5 Å². The maximum Gasteiger partial charge on any atom is 0.0475 e. The average Bonchev–Trinajstić information content (AvgIpc) is 2.69. The lowest BCUT2D eigenvalue weighted by Crippen LogP contribution is -2.39. The Kier molecular flexibility index (Phi) is 6.59. The van der Waals surface area contributed by atoms with Crippen LogP contribution in [0, 0.1) is 6.92 Å². The fourth-order valence-corrected chi connectivity index (χ4v) is 3.17. The molecule has 0 fully saturated rings. The smallest absolute Gasteiger partial charge is 0.0475 e. The second-order valence-corrected chi connectivity index (χ2v) is 6.91. The van der Waals surface area contributed by atoms with Crippen molar-refractivity contribution in [1.29, 1.82) is 0 Å². The Bertz CT molecular complexity index is 766. The fourth-order valence-electron chi connectivity index (χ4n) is 3.17. The molecule has 2 atom stereocenters. The molecule has 0 aromatic heterocycles. The molecule has 0 aliphatic heterocycles. The predicted molar refractivity (Wildman–Crippen MR) is 110 cm³/mol. The summed E-state index contributed by atoms with van der Waals surface area (Å²) in [5.74, 6) is 0. The van der Waals surface area contributed by atoms with E-state index in [1.165, 1.54) is 22.3 Å². The number of hydrogen-bond donors (Lipinski definition) is 2. The molecule has 3 aromatic carbocycles. The maximum atomic E-state index is 3.75. The SMILES string of the molecule is Cc1ccc(C(NCc2ccccc2)C(C)NCc2ccccc2)cc1. The molecule has 2 unspecified atom stereocenters. The zero-order valence-corrected chi connectivity index (χ0v) is 15.7. The summed E-state index contributed by atoms with van der Waals surface area (Å²) in [6.07, 6.45) is 0. The molecule has 0 saturated carbocycles. The van der Waals surface area contributed by atoms with Crippen molar-refractivity contribution in [3.63, 3.8) is 0 Å². The van der Waals surface area contributed by atoms with E-state index in [0.717, 1.165) is 13.1 Å². The Morgan fingerprint density at radius 2 is 1.15 bits per heavy atom. The molecule has 2 nitrogen and oxygen atoms in total. The van der Waals surface area contributed by atoms with Crippen molar-refractivity contribution < 1.29 is 0 Å². The van der Waals surface area contributed by atoms with E-state index in [9.17, 15) is 0 Å². The molecule has 134 valence electrons. The minimum absolute atomic E-state index is 0.250. The number of aryl methyl sites for hydroxylation is 1. The lowest BCUT2D eigenvalue weighted by Gasteiger charge is -2.27. The van der Waals surface area contributed by atoms with Crippen molar-refractivity contribution in [2.24, 2.45) is 0 Å². The molecule has 2 N–H and O–H groups in total. The largest absolute Gasteiger partial charge is 0.308 e. The molecule has 2 heteroatoms. The Labute approximate surface area is 157 Å². The highest BCUT2D eigenvalue weighted by Crippen LogP contribution is 2.19. The summed E-state index contributed by atoms with van der Waals surface area (Å²) in [6, 6.07) is 30.6. The highest BCUT2D eigenvalue weighted by molar-refractivity contribution is 5.26. The van der Waals surface area contributed by atoms with E-state index in [-0.39, 0.29) is 6.04 Å². The van der Waals surface area contributed by atoms with Crippen molar-refractivity contribution in [3.05, 3.63) is 107 Å². The number of hydrogen-bond acceptors (Lipinski definition) is 2. The molecule has 0 radical (unpaired) electrons. The van der Waals surface area contributed by atoms with Gasteiger partial charge < -0.3 is 10.6 Å². The second kappa shape index (κ2) is 9.33. The standard InChI is InChI=1S/C24H28N2/c1-19-13-15-23(16-14-19)24(26-18-22-11-7-4-8-12-22)20(2)25-17-21-9-5-3-6-10-21/h3-16,20,24-26H,17-18H2,1-2H3. The molecule has 26 heavy (non-hydrogen) atoms. The van der Waals surface area contributed by atoms with Crippen LogP contribution in [0.5, 0.6) is 0 Å². The van der Waals surface area contributed by atoms with Gasteiger partial charge in [0.05, 0.1) is 0 Å². The third kappa shape index (κ3) is 5.29. The van der Waals surface area contributed by atoms with Crippen LogP contribution in [0.1, 0.15) is 35.2 Å². The molecule has 0 aliphatic carbocycles. The highest BCUT2D eigenvalue weighted by Gasteiger charge is 2.18. The minimum Gasteiger partial charge on any atom is -0.308 e. The van der Waals surface area contributed by atoms with Gasteiger partial charge in [-0.2, -0.15) is 0 Å². The lowest BCUT2D eigenvalue weighted by molar-refractivity contribution is 0.394. The van der Waals surface area contributed by atoms with E-state index in [2.05, 4.69) is 109 Å². The third-order valence-electron chi connectivity index (χ3n) is 4.78. The first kappa shape index (κ1) is 18.4. The Hall–Kier alpha value is -2.42. The molecule has 0 aliphatic rings. The quantitative estimate of drug-likeness (QED) is 0.600. The van der Waals surface area contributed by atoms with Crippen LogP contribution in [-0.4, -0.2) is 6.04 Å². The van der Waals surface area contributed by atoms with Crippen molar-refractivity contribution >= 4 is 0 Å². The van der Waals surface area contributed by atoms with Crippen molar-refractivity contribution in [2.75, 3.05) is 0 Å². The molecule has 0 spiro atoms. The summed E-state index contributed by atoms with van der Waals surface area (Å²) in [5, 5.41) is 7.43. The number of benzene rings is 3. The first-order valence-corrected chi connectivity index (χ1v) is 9.33. The highest BCUT2D eigenvalue weighted by atomic mass is 15.0. The van der Waals surface area contributed by atoms with E-state index in [1.807, 2.05) is 0 Å². The Morgan fingerprint density at radius 1 is 0.654 bits per heavy atom. The van der Waals surface area contributed by atoms with E-state index >= 15 is 0 Å². The molecule has 0 bridgehead atoms.